The molecule has 2 aromatic heterocycles. The Labute approximate surface area is 339 Å². The van der Waals surface area contributed by atoms with E-state index < -0.39 is 58.4 Å². The SMILES string of the molecule is CCc1cc(C(=O)N2CC(C)(C)OC3(CCN(Cc4cccc(CCNC[C@H](OC(=O)C(F)(F)F)c5ccc(OC(=O)C(F)(F)F)c6[nH]c(=O)ccc56)c4)CC3)C2)cs1. The van der Waals surface area contributed by atoms with Gasteiger partial charge in [0.1, 0.15) is 6.10 Å². The summed E-state index contributed by atoms with van der Waals surface area (Å²) in [7, 11) is 0. The van der Waals surface area contributed by atoms with Crippen LogP contribution < -0.4 is 15.6 Å². The quantitative estimate of drug-likeness (QED) is 0.0678. The molecule has 6 rings (SSSR count). The van der Waals surface area contributed by atoms with Crippen LogP contribution in [0.2, 0.25) is 0 Å². The fourth-order valence-corrected chi connectivity index (χ4v) is 8.50. The third-order valence-electron chi connectivity index (χ3n) is 10.3. The summed E-state index contributed by atoms with van der Waals surface area (Å²) in [5.41, 5.74) is 0.441. The number of hydrogen-bond acceptors (Lipinski definition) is 10. The Morgan fingerprint density at radius 3 is 2.34 bits per heavy atom. The predicted octanol–water partition coefficient (Wildman–Crippen LogP) is 6.88. The fourth-order valence-electron chi connectivity index (χ4n) is 7.69. The second-order valence-electron chi connectivity index (χ2n) is 15.5. The largest absolute Gasteiger partial charge is 0.491 e. The first kappa shape index (κ1) is 43.8. The molecule has 0 radical (unpaired) electrons. The van der Waals surface area contributed by atoms with E-state index in [0.717, 1.165) is 73.3 Å². The molecule has 2 aromatic carbocycles. The van der Waals surface area contributed by atoms with Crippen molar-refractivity contribution in [1.29, 1.82) is 0 Å². The number of H-pyrrole nitrogens is 1. The van der Waals surface area contributed by atoms with E-state index in [0.29, 0.717) is 26.1 Å². The number of esters is 2. The molecule has 59 heavy (non-hydrogen) atoms. The summed E-state index contributed by atoms with van der Waals surface area (Å²) in [4.78, 5) is 56.8. The van der Waals surface area contributed by atoms with Gasteiger partial charge in [-0.2, -0.15) is 26.3 Å². The first-order chi connectivity index (χ1) is 27.7. The van der Waals surface area contributed by atoms with Gasteiger partial charge in [-0.25, -0.2) is 9.59 Å². The molecule has 0 saturated carbocycles. The van der Waals surface area contributed by atoms with Gasteiger partial charge in [0.05, 0.1) is 28.8 Å². The van der Waals surface area contributed by atoms with Crippen LogP contribution in [0.25, 0.3) is 10.9 Å². The van der Waals surface area contributed by atoms with Crippen LogP contribution in [-0.4, -0.2) is 95.5 Å². The second kappa shape index (κ2) is 17.4. The fraction of sp³-hybridized carbons (Fsp3) is 0.463. The number of amides is 1. The van der Waals surface area contributed by atoms with E-state index in [2.05, 4.69) is 26.9 Å². The topological polar surface area (TPSA) is 130 Å². The Kier molecular flexibility index (Phi) is 12.9. The van der Waals surface area contributed by atoms with Crippen molar-refractivity contribution in [3.8, 4) is 5.75 Å². The van der Waals surface area contributed by atoms with Crippen molar-refractivity contribution in [2.75, 3.05) is 39.3 Å². The first-order valence-electron chi connectivity index (χ1n) is 19.0. The summed E-state index contributed by atoms with van der Waals surface area (Å²) < 4.78 is 94.7. The zero-order valence-electron chi connectivity index (χ0n) is 32.6. The van der Waals surface area contributed by atoms with Crippen LogP contribution in [0.5, 0.6) is 5.75 Å². The Bertz CT molecular complexity index is 2230. The molecule has 0 bridgehead atoms. The number of hydrogen-bond donors (Lipinski definition) is 2. The summed E-state index contributed by atoms with van der Waals surface area (Å²) in [5.74, 6) is -5.75. The first-order valence-corrected chi connectivity index (χ1v) is 19.9. The van der Waals surface area contributed by atoms with E-state index in [9.17, 15) is 45.5 Å². The van der Waals surface area contributed by atoms with Crippen LogP contribution >= 0.6 is 11.3 Å². The normalized spacial score (nSPS) is 17.5. The van der Waals surface area contributed by atoms with Crippen LogP contribution in [0, 0.1) is 0 Å². The van der Waals surface area contributed by atoms with Gasteiger partial charge in [0.15, 0.2) is 5.75 Å². The Morgan fingerprint density at radius 1 is 0.949 bits per heavy atom. The zero-order valence-corrected chi connectivity index (χ0v) is 33.4. The van der Waals surface area contributed by atoms with E-state index >= 15 is 0 Å². The lowest BCUT2D eigenvalue weighted by Crippen LogP contribution is -2.63. The van der Waals surface area contributed by atoms with Crippen molar-refractivity contribution in [3.05, 3.63) is 97.5 Å². The third kappa shape index (κ3) is 10.9. The van der Waals surface area contributed by atoms with E-state index in [1.807, 2.05) is 54.5 Å². The highest BCUT2D eigenvalue weighted by Gasteiger charge is 2.48. The number of carbonyl (C=O) groups excluding carboxylic acids is 3. The molecule has 0 aliphatic carbocycles. The standard InChI is InChI=1S/C41H44F6N4O7S/c1-4-28-19-27(22-59-28)35(53)51-23-38(2,3)58-39(24-51)13-16-50(17-14-39)21-26-7-5-6-25(18-26)12-15-48-20-32(57-37(55)41(45,46)47)29-8-10-31(56-36(54)40(42,43)44)34-30(29)9-11-33(52)49-34/h5-11,18-19,22,32,48H,4,12-17,20-21,23-24H2,1-3H3,(H,49,52)/t32-/m0/s1. The van der Waals surface area contributed by atoms with E-state index in [-0.39, 0.29) is 29.9 Å². The van der Waals surface area contributed by atoms with Crippen LogP contribution in [0.4, 0.5) is 26.3 Å². The predicted molar refractivity (Wildman–Crippen MR) is 206 cm³/mol. The summed E-state index contributed by atoms with van der Waals surface area (Å²) in [5, 5.41) is 4.82. The zero-order chi connectivity index (χ0) is 42.8. The van der Waals surface area contributed by atoms with Crippen LogP contribution in [0.15, 0.2) is 64.8 Å². The van der Waals surface area contributed by atoms with Crippen molar-refractivity contribution in [1.82, 2.24) is 20.1 Å². The van der Waals surface area contributed by atoms with Gasteiger partial charge < -0.3 is 29.4 Å². The molecule has 2 aliphatic rings. The number of aromatic nitrogens is 1. The monoisotopic (exact) mass is 850 g/mol. The van der Waals surface area contributed by atoms with Gasteiger partial charge in [0, 0.05) is 60.0 Å². The number of nitrogens with zero attached hydrogens (tertiary/aromatic N) is 2. The van der Waals surface area contributed by atoms with E-state index in [1.54, 1.807) is 11.3 Å². The average molecular weight is 851 g/mol. The molecule has 1 spiro atoms. The lowest BCUT2D eigenvalue weighted by atomic mass is 9.86. The number of alkyl halides is 6. The van der Waals surface area contributed by atoms with Crippen molar-refractivity contribution in [3.63, 3.8) is 0 Å². The molecular weight excluding hydrogens is 807 g/mol. The molecular formula is C41H44F6N4O7S. The molecule has 2 N–H and O–H groups in total. The van der Waals surface area contributed by atoms with Crippen LogP contribution in [0.1, 0.15) is 71.6 Å². The van der Waals surface area contributed by atoms with Gasteiger partial charge in [-0.05, 0) is 75.4 Å². The third-order valence-corrected chi connectivity index (χ3v) is 11.4. The summed E-state index contributed by atoms with van der Waals surface area (Å²) in [6.45, 7) is 9.22. The maximum atomic E-state index is 13.5. The lowest BCUT2D eigenvalue weighted by Gasteiger charge is -2.53. The maximum absolute atomic E-state index is 13.5. The maximum Gasteiger partial charge on any atom is 0.491 e. The molecule has 1 atom stereocenters. The number of pyridine rings is 1. The second-order valence-corrected chi connectivity index (χ2v) is 16.5. The minimum Gasteiger partial charge on any atom is -0.449 e. The van der Waals surface area contributed by atoms with Gasteiger partial charge in [-0.15, -0.1) is 11.3 Å². The molecule has 2 saturated heterocycles. The number of fused-ring (bicyclic) bond motifs is 1. The summed E-state index contributed by atoms with van der Waals surface area (Å²) in [6.07, 6.45) is -9.53. The number of carbonyl (C=O) groups is 3. The molecule has 1 amide bonds. The molecule has 0 unspecified atom stereocenters. The smallest absolute Gasteiger partial charge is 0.449 e. The van der Waals surface area contributed by atoms with Crippen LogP contribution in [0.3, 0.4) is 0 Å². The highest BCUT2D eigenvalue weighted by molar-refractivity contribution is 7.10. The van der Waals surface area contributed by atoms with Crippen LogP contribution in [-0.2, 0) is 38.4 Å². The van der Waals surface area contributed by atoms with E-state index in [1.165, 1.54) is 4.88 Å². The average Bonchev–Trinajstić information content (AvgIpc) is 3.65. The lowest BCUT2D eigenvalue weighted by molar-refractivity contribution is -0.205. The van der Waals surface area contributed by atoms with Gasteiger partial charge in [0.25, 0.3) is 5.91 Å². The van der Waals surface area contributed by atoms with Crippen molar-refractivity contribution in [2.45, 2.75) is 82.7 Å². The number of halogens is 6. The number of likely N-dealkylation sites (tertiary alicyclic amines) is 1. The highest BCUT2D eigenvalue weighted by Crippen LogP contribution is 2.38. The number of morpholine rings is 1. The number of benzene rings is 2. The van der Waals surface area contributed by atoms with Crippen molar-refractivity contribution >= 4 is 40.1 Å². The van der Waals surface area contributed by atoms with Gasteiger partial charge in [0.2, 0.25) is 5.56 Å². The number of rotatable bonds is 12. The molecule has 11 nitrogen and oxygen atoms in total. The Hall–Kier alpha value is -4.78. The number of aryl methyl sites for hydroxylation is 1. The highest BCUT2D eigenvalue weighted by atomic mass is 32.1. The van der Waals surface area contributed by atoms with Gasteiger partial charge >= 0.3 is 24.3 Å². The minimum atomic E-state index is -5.37. The molecule has 4 heterocycles. The number of ether oxygens (including phenoxy) is 3. The Morgan fingerprint density at radius 2 is 1.66 bits per heavy atom. The van der Waals surface area contributed by atoms with Crippen molar-refractivity contribution < 1.29 is 54.9 Å². The molecule has 318 valence electrons. The molecule has 2 aliphatic heterocycles. The number of nitrogens with one attached hydrogen (secondary N) is 2. The van der Waals surface area contributed by atoms with Gasteiger partial charge in [-0.1, -0.05) is 37.3 Å². The van der Waals surface area contributed by atoms with Gasteiger partial charge in [-0.3, -0.25) is 14.5 Å². The number of aromatic amines is 1. The number of piperidine rings is 1. The summed E-state index contributed by atoms with van der Waals surface area (Å²) in [6, 6.07) is 13.8. The number of thiophene rings is 1. The van der Waals surface area contributed by atoms with E-state index in [4.69, 9.17) is 9.47 Å². The summed E-state index contributed by atoms with van der Waals surface area (Å²) >= 11 is 1.60. The molecule has 18 heteroatoms. The molecule has 2 fully saturated rings. The minimum absolute atomic E-state index is 0.0279. The Balaban J connectivity index is 1.08. The molecule has 4 aromatic rings. The van der Waals surface area contributed by atoms with Crippen molar-refractivity contribution in [2.24, 2.45) is 0 Å².